The van der Waals surface area contributed by atoms with Crippen molar-refractivity contribution in [2.45, 2.75) is 39.2 Å². The summed E-state index contributed by atoms with van der Waals surface area (Å²) in [6.07, 6.45) is 2.68. The van der Waals surface area contributed by atoms with Gasteiger partial charge in [0.1, 0.15) is 0 Å². The van der Waals surface area contributed by atoms with Gasteiger partial charge in [0.25, 0.3) is 0 Å². The second-order valence-electron chi connectivity index (χ2n) is 4.19. The third kappa shape index (κ3) is 4.49. The number of ether oxygens (including phenoxy) is 2. The van der Waals surface area contributed by atoms with Crippen LogP contribution in [0, 0.1) is 5.92 Å². The molecule has 4 heteroatoms. The molecule has 16 heavy (non-hydrogen) atoms. The molecule has 1 saturated heterocycles. The van der Waals surface area contributed by atoms with Crippen LogP contribution >= 0.6 is 0 Å². The van der Waals surface area contributed by atoms with E-state index in [1.54, 1.807) is 0 Å². The van der Waals surface area contributed by atoms with Gasteiger partial charge in [-0.15, -0.1) is 0 Å². The number of carbonyl (C=O) groups excluding carboxylic acids is 1. The Morgan fingerprint density at radius 3 is 2.88 bits per heavy atom. The number of piperidine rings is 1. The Hall–Kier alpha value is -0.610. The number of hydrogen-bond donors (Lipinski definition) is 1. The van der Waals surface area contributed by atoms with Gasteiger partial charge in [-0.05, 0) is 38.6 Å². The van der Waals surface area contributed by atoms with Crippen LogP contribution in [0.3, 0.4) is 0 Å². The first-order chi connectivity index (χ1) is 7.77. The average Bonchev–Trinajstić information content (AvgIpc) is 2.31. The first kappa shape index (κ1) is 13.5. The molecular weight excluding hydrogens is 206 g/mol. The van der Waals surface area contributed by atoms with Crippen molar-refractivity contribution in [2.75, 3.05) is 26.3 Å². The van der Waals surface area contributed by atoms with Gasteiger partial charge in [0.2, 0.25) is 0 Å². The first-order valence-electron chi connectivity index (χ1n) is 6.26. The van der Waals surface area contributed by atoms with Crippen molar-refractivity contribution < 1.29 is 14.3 Å². The van der Waals surface area contributed by atoms with Gasteiger partial charge in [0.15, 0.2) is 6.10 Å². The Labute approximate surface area is 97.7 Å². The standard InChI is InChI=1S/C12H23NO3/c1-3-11(12(14)15-4-2)16-9-10-6-5-7-13-8-10/h10-11,13H,3-9H2,1-2H3. The first-order valence-corrected chi connectivity index (χ1v) is 6.26. The normalized spacial score (nSPS) is 22.8. The lowest BCUT2D eigenvalue weighted by molar-refractivity contribution is -0.157. The SMILES string of the molecule is CCOC(=O)C(CC)OCC1CCCNC1. The summed E-state index contributed by atoms with van der Waals surface area (Å²) in [5, 5.41) is 3.33. The molecule has 1 N–H and O–H groups in total. The van der Waals surface area contributed by atoms with E-state index in [-0.39, 0.29) is 12.1 Å². The average molecular weight is 229 g/mol. The Morgan fingerprint density at radius 2 is 2.31 bits per heavy atom. The van der Waals surface area contributed by atoms with E-state index in [4.69, 9.17) is 9.47 Å². The Morgan fingerprint density at radius 1 is 1.50 bits per heavy atom. The summed E-state index contributed by atoms with van der Waals surface area (Å²) in [4.78, 5) is 11.5. The van der Waals surface area contributed by atoms with Crippen LogP contribution < -0.4 is 5.32 Å². The molecule has 94 valence electrons. The van der Waals surface area contributed by atoms with E-state index >= 15 is 0 Å². The zero-order valence-electron chi connectivity index (χ0n) is 10.3. The second kappa shape index (κ2) is 7.63. The maximum Gasteiger partial charge on any atom is 0.335 e. The van der Waals surface area contributed by atoms with E-state index in [1.807, 2.05) is 13.8 Å². The van der Waals surface area contributed by atoms with E-state index in [0.29, 0.717) is 25.6 Å². The second-order valence-corrected chi connectivity index (χ2v) is 4.19. The summed E-state index contributed by atoms with van der Waals surface area (Å²) in [5.41, 5.74) is 0. The molecule has 2 atom stereocenters. The fourth-order valence-electron chi connectivity index (χ4n) is 1.91. The van der Waals surface area contributed by atoms with Crippen molar-refractivity contribution in [2.24, 2.45) is 5.92 Å². The van der Waals surface area contributed by atoms with Gasteiger partial charge < -0.3 is 14.8 Å². The van der Waals surface area contributed by atoms with Gasteiger partial charge in [-0.25, -0.2) is 4.79 Å². The maximum absolute atomic E-state index is 11.5. The summed E-state index contributed by atoms with van der Waals surface area (Å²) in [6, 6.07) is 0. The highest BCUT2D eigenvalue weighted by Gasteiger charge is 2.21. The Bertz CT molecular complexity index is 202. The largest absolute Gasteiger partial charge is 0.464 e. The van der Waals surface area contributed by atoms with Crippen molar-refractivity contribution in [3.8, 4) is 0 Å². The molecule has 0 aliphatic carbocycles. The van der Waals surface area contributed by atoms with Crippen LogP contribution in [0.25, 0.3) is 0 Å². The highest BCUT2D eigenvalue weighted by Crippen LogP contribution is 2.12. The third-order valence-electron chi connectivity index (χ3n) is 2.85. The molecule has 0 amide bonds. The lowest BCUT2D eigenvalue weighted by Crippen LogP contribution is -2.35. The number of esters is 1. The molecule has 0 spiro atoms. The Kier molecular flexibility index (Phi) is 6.42. The number of carbonyl (C=O) groups is 1. The lowest BCUT2D eigenvalue weighted by Gasteiger charge is -2.24. The van der Waals surface area contributed by atoms with Crippen LogP contribution in [-0.2, 0) is 14.3 Å². The molecule has 1 rings (SSSR count). The van der Waals surface area contributed by atoms with E-state index in [1.165, 1.54) is 12.8 Å². The van der Waals surface area contributed by atoms with Crippen molar-refractivity contribution in [3.05, 3.63) is 0 Å². The maximum atomic E-state index is 11.5. The van der Waals surface area contributed by atoms with Gasteiger partial charge in [0.05, 0.1) is 13.2 Å². The van der Waals surface area contributed by atoms with Crippen molar-refractivity contribution in [1.29, 1.82) is 0 Å². The highest BCUT2D eigenvalue weighted by atomic mass is 16.6. The molecule has 1 heterocycles. The number of hydrogen-bond acceptors (Lipinski definition) is 4. The molecule has 2 unspecified atom stereocenters. The third-order valence-corrected chi connectivity index (χ3v) is 2.85. The number of nitrogens with one attached hydrogen (secondary N) is 1. The van der Waals surface area contributed by atoms with E-state index in [9.17, 15) is 4.79 Å². The minimum Gasteiger partial charge on any atom is -0.464 e. The van der Waals surface area contributed by atoms with Gasteiger partial charge in [0, 0.05) is 6.54 Å². The molecule has 0 aromatic carbocycles. The topological polar surface area (TPSA) is 47.6 Å². The van der Waals surface area contributed by atoms with Crippen molar-refractivity contribution >= 4 is 5.97 Å². The molecule has 1 aliphatic heterocycles. The predicted molar refractivity (Wildman–Crippen MR) is 62.3 cm³/mol. The Balaban J connectivity index is 2.24. The molecule has 0 saturated carbocycles. The van der Waals surface area contributed by atoms with E-state index in [2.05, 4.69) is 5.32 Å². The van der Waals surface area contributed by atoms with Crippen molar-refractivity contribution in [1.82, 2.24) is 5.32 Å². The predicted octanol–water partition coefficient (Wildman–Crippen LogP) is 1.34. The fraction of sp³-hybridized carbons (Fsp3) is 0.917. The monoisotopic (exact) mass is 229 g/mol. The molecule has 4 nitrogen and oxygen atoms in total. The van der Waals surface area contributed by atoms with Crippen LogP contribution in [0.5, 0.6) is 0 Å². The zero-order valence-corrected chi connectivity index (χ0v) is 10.3. The molecule has 0 aromatic rings. The minimum atomic E-state index is -0.387. The van der Waals surface area contributed by atoms with E-state index in [0.717, 1.165) is 13.1 Å². The van der Waals surface area contributed by atoms with Crippen molar-refractivity contribution in [3.63, 3.8) is 0 Å². The van der Waals surface area contributed by atoms with Gasteiger partial charge in [-0.2, -0.15) is 0 Å². The fourth-order valence-corrected chi connectivity index (χ4v) is 1.91. The van der Waals surface area contributed by atoms with Crippen LogP contribution in [-0.4, -0.2) is 38.4 Å². The van der Waals surface area contributed by atoms with Crippen LogP contribution in [0.4, 0.5) is 0 Å². The van der Waals surface area contributed by atoms with Gasteiger partial charge in [-0.1, -0.05) is 6.92 Å². The summed E-state index contributed by atoms with van der Waals surface area (Å²) < 4.78 is 10.6. The summed E-state index contributed by atoms with van der Waals surface area (Å²) in [5.74, 6) is 0.311. The van der Waals surface area contributed by atoms with Crippen LogP contribution in [0.15, 0.2) is 0 Å². The molecule has 1 aliphatic rings. The summed E-state index contributed by atoms with van der Waals surface area (Å²) in [6.45, 7) is 6.94. The molecule has 1 fully saturated rings. The van der Waals surface area contributed by atoms with Gasteiger partial charge in [-0.3, -0.25) is 0 Å². The quantitative estimate of drug-likeness (QED) is 0.698. The molecule has 0 bridgehead atoms. The van der Waals surface area contributed by atoms with Crippen LogP contribution in [0.1, 0.15) is 33.1 Å². The van der Waals surface area contributed by atoms with Crippen LogP contribution in [0.2, 0.25) is 0 Å². The summed E-state index contributed by atoms with van der Waals surface area (Å²) >= 11 is 0. The van der Waals surface area contributed by atoms with E-state index < -0.39 is 0 Å². The lowest BCUT2D eigenvalue weighted by atomic mass is 10.0. The smallest absolute Gasteiger partial charge is 0.335 e. The molecule has 0 aromatic heterocycles. The highest BCUT2D eigenvalue weighted by molar-refractivity contribution is 5.74. The molecular formula is C12H23NO3. The summed E-state index contributed by atoms with van der Waals surface area (Å²) in [7, 11) is 0. The van der Waals surface area contributed by atoms with Gasteiger partial charge >= 0.3 is 5.97 Å². The molecule has 0 radical (unpaired) electrons. The number of rotatable bonds is 6. The minimum absolute atomic E-state index is 0.228. The zero-order chi connectivity index (χ0) is 11.8.